The molecule has 0 spiro atoms. The highest BCUT2D eigenvalue weighted by Crippen LogP contribution is 2.37. The summed E-state index contributed by atoms with van der Waals surface area (Å²) in [5, 5.41) is 0.0982. The molecule has 0 fully saturated rings. The molecule has 0 unspecified atom stereocenters. The van der Waals surface area contributed by atoms with Crippen LogP contribution in [-0.2, 0) is 0 Å². The highest BCUT2D eigenvalue weighted by Gasteiger charge is 2.58. The predicted molar refractivity (Wildman–Crippen MR) is 65.2 cm³/mol. The first kappa shape index (κ1) is 15.2. The van der Waals surface area contributed by atoms with Crippen LogP contribution in [0.4, 0.5) is 27.8 Å². The van der Waals surface area contributed by atoms with Gasteiger partial charge in [0.2, 0.25) is 0 Å². The minimum Gasteiger partial charge on any atom is -0.486 e. The first-order valence-corrected chi connectivity index (χ1v) is 5.72. The number of alkyl halides is 5. The van der Waals surface area contributed by atoms with Crippen LogP contribution in [0.25, 0.3) is 10.9 Å². The molecule has 0 aliphatic carbocycles. The van der Waals surface area contributed by atoms with E-state index in [-0.39, 0.29) is 17.0 Å². The molecule has 4 nitrogen and oxygen atoms in total. The van der Waals surface area contributed by atoms with Crippen molar-refractivity contribution in [2.75, 3.05) is 12.3 Å². The Labute approximate surface area is 115 Å². The Kier molecular flexibility index (Phi) is 3.60. The third-order valence-electron chi connectivity index (χ3n) is 2.65. The van der Waals surface area contributed by atoms with Crippen LogP contribution in [0.5, 0.6) is 5.75 Å². The summed E-state index contributed by atoms with van der Waals surface area (Å²) in [4.78, 5) is 7.84. The number of nitrogens with two attached hydrogens (primary N) is 1. The maximum atomic E-state index is 12.9. The lowest BCUT2D eigenvalue weighted by molar-refractivity contribution is -0.289. The fourth-order valence-corrected chi connectivity index (χ4v) is 1.67. The molecule has 0 amide bonds. The summed E-state index contributed by atoms with van der Waals surface area (Å²) >= 11 is 0. The number of fused-ring (bicyclic) bond motifs is 1. The van der Waals surface area contributed by atoms with Gasteiger partial charge in [-0.3, -0.25) is 0 Å². The monoisotopic (exact) mass is 307 g/mol. The van der Waals surface area contributed by atoms with Gasteiger partial charge in [0.1, 0.15) is 17.4 Å². The molecule has 0 bridgehead atoms. The number of halogens is 5. The van der Waals surface area contributed by atoms with Crippen molar-refractivity contribution in [3.63, 3.8) is 0 Å². The van der Waals surface area contributed by atoms with Crippen molar-refractivity contribution in [1.82, 2.24) is 9.97 Å². The highest BCUT2D eigenvalue weighted by atomic mass is 19.4. The van der Waals surface area contributed by atoms with Crippen LogP contribution < -0.4 is 10.5 Å². The Morgan fingerprint density at radius 3 is 2.43 bits per heavy atom. The van der Waals surface area contributed by atoms with Gasteiger partial charge in [0, 0.05) is 0 Å². The average molecular weight is 307 g/mol. The van der Waals surface area contributed by atoms with Gasteiger partial charge in [-0.1, -0.05) is 6.07 Å². The maximum absolute atomic E-state index is 12.9. The van der Waals surface area contributed by atoms with Gasteiger partial charge in [-0.05, 0) is 19.1 Å². The minimum absolute atomic E-state index is 0.0524. The smallest absolute Gasteiger partial charge is 0.456 e. The molecule has 0 saturated heterocycles. The van der Waals surface area contributed by atoms with Gasteiger partial charge in [0.05, 0.1) is 10.9 Å². The quantitative estimate of drug-likeness (QED) is 0.885. The van der Waals surface area contributed by atoms with Gasteiger partial charge >= 0.3 is 12.1 Å². The largest absolute Gasteiger partial charge is 0.486 e. The summed E-state index contributed by atoms with van der Waals surface area (Å²) in [7, 11) is 0. The number of benzene rings is 1. The van der Waals surface area contributed by atoms with Gasteiger partial charge < -0.3 is 10.5 Å². The van der Waals surface area contributed by atoms with Crippen LogP contribution in [-0.4, -0.2) is 28.7 Å². The third kappa shape index (κ3) is 2.96. The molecule has 1 aromatic heterocycles. The Morgan fingerprint density at radius 1 is 1.14 bits per heavy atom. The summed E-state index contributed by atoms with van der Waals surface area (Å²) in [5.41, 5.74) is 5.94. The van der Waals surface area contributed by atoms with Gasteiger partial charge in [-0.25, -0.2) is 9.97 Å². The lowest BCUT2D eigenvalue weighted by atomic mass is 10.2. The number of hydrogen-bond acceptors (Lipinski definition) is 4. The van der Waals surface area contributed by atoms with Crippen LogP contribution in [0.1, 0.15) is 5.82 Å². The average Bonchev–Trinajstić information content (AvgIpc) is 2.34. The number of anilines is 1. The molecule has 0 atom stereocenters. The summed E-state index contributed by atoms with van der Waals surface area (Å²) in [6.07, 6.45) is -5.68. The van der Waals surface area contributed by atoms with Crippen molar-refractivity contribution >= 4 is 16.7 Å². The summed E-state index contributed by atoms with van der Waals surface area (Å²) in [6.45, 7) is -0.274. The minimum atomic E-state index is -5.68. The third-order valence-corrected chi connectivity index (χ3v) is 2.65. The van der Waals surface area contributed by atoms with Crippen LogP contribution in [0.2, 0.25) is 0 Å². The molecule has 0 saturated carbocycles. The van der Waals surface area contributed by atoms with E-state index in [1.54, 1.807) is 6.92 Å². The molecule has 0 radical (unpaired) electrons. The maximum Gasteiger partial charge on any atom is 0.456 e. The molecule has 1 heterocycles. The molecule has 2 N–H and O–H groups in total. The second-order valence-electron chi connectivity index (χ2n) is 4.30. The lowest BCUT2D eigenvalue weighted by Crippen LogP contribution is -2.41. The first-order chi connectivity index (χ1) is 9.62. The topological polar surface area (TPSA) is 61.0 Å². The van der Waals surface area contributed by atoms with E-state index in [1.807, 2.05) is 0 Å². The van der Waals surface area contributed by atoms with Crippen LogP contribution in [0, 0.1) is 6.92 Å². The number of aryl methyl sites for hydroxylation is 1. The van der Waals surface area contributed by atoms with E-state index in [9.17, 15) is 22.0 Å². The number of aromatic nitrogens is 2. The van der Waals surface area contributed by atoms with E-state index in [4.69, 9.17) is 5.73 Å². The van der Waals surface area contributed by atoms with Crippen molar-refractivity contribution in [3.05, 3.63) is 24.0 Å². The number of hydrogen-bond donors (Lipinski definition) is 1. The zero-order valence-electron chi connectivity index (χ0n) is 10.7. The van der Waals surface area contributed by atoms with Crippen LogP contribution in [0.15, 0.2) is 18.2 Å². The highest BCUT2D eigenvalue weighted by molar-refractivity contribution is 5.93. The Balaban J connectivity index is 2.36. The van der Waals surface area contributed by atoms with E-state index in [2.05, 4.69) is 14.7 Å². The molecule has 0 aliphatic rings. The van der Waals surface area contributed by atoms with Crippen molar-refractivity contribution in [2.45, 2.75) is 19.0 Å². The molecular weight excluding hydrogens is 297 g/mol. The van der Waals surface area contributed by atoms with Gasteiger partial charge in [0.25, 0.3) is 0 Å². The van der Waals surface area contributed by atoms with E-state index in [1.165, 1.54) is 18.2 Å². The molecule has 0 aliphatic heterocycles. The van der Waals surface area contributed by atoms with E-state index >= 15 is 0 Å². The van der Waals surface area contributed by atoms with E-state index in [0.717, 1.165) is 0 Å². The second-order valence-corrected chi connectivity index (χ2v) is 4.30. The van der Waals surface area contributed by atoms with E-state index < -0.39 is 18.7 Å². The van der Waals surface area contributed by atoms with Crippen LogP contribution in [0.3, 0.4) is 0 Å². The molecule has 2 aromatic rings. The predicted octanol–water partition coefficient (Wildman–Crippen LogP) is 3.10. The summed E-state index contributed by atoms with van der Waals surface area (Å²) in [5.74, 6) is -4.90. The number of nitrogen functional groups attached to an aromatic ring is 1. The molecule has 114 valence electrons. The second kappa shape index (κ2) is 4.97. The van der Waals surface area contributed by atoms with Crippen molar-refractivity contribution in [1.29, 1.82) is 0 Å². The van der Waals surface area contributed by atoms with Crippen LogP contribution >= 0.6 is 0 Å². The number of nitrogens with zero attached hydrogens (tertiary/aromatic N) is 2. The molecular formula is C12H10F5N3O. The van der Waals surface area contributed by atoms with Crippen molar-refractivity contribution < 1.29 is 26.7 Å². The normalized spacial score (nSPS) is 12.7. The summed E-state index contributed by atoms with van der Waals surface area (Å²) in [6, 6.07) is 4.16. The van der Waals surface area contributed by atoms with Gasteiger partial charge in [-0.15, -0.1) is 0 Å². The SMILES string of the molecule is Cc1nc(N)c2c(OCC(F)(F)C(F)(F)F)cccc2n1. The molecule has 21 heavy (non-hydrogen) atoms. The fourth-order valence-electron chi connectivity index (χ4n) is 1.67. The summed E-state index contributed by atoms with van der Waals surface area (Å²) < 4.78 is 66.6. The molecule has 2 rings (SSSR count). The van der Waals surface area contributed by atoms with Gasteiger partial charge in [0.15, 0.2) is 6.61 Å². The van der Waals surface area contributed by atoms with Crippen molar-refractivity contribution in [2.24, 2.45) is 0 Å². The Morgan fingerprint density at radius 2 is 1.81 bits per heavy atom. The zero-order valence-corrected chi connectivity index (χ0v) is 10.7. The number of ether oxygens (including phenoxy) is 1. The van der Waals surface area contributed by atoms with E-state index in [0.29, 0.717) is 11.3 Å². The molecule has 1 aromatic carbocycles. The molecule has 9 heteroatoms. The lowest BCUT2D eigenvalue weighted by Gasteiger charge is -2.20. The fraction of sp³-hybridized carbons (Fsp3) is 0.333. The van der Waals surface area contributed by atoms with Gasteiger partial charge in [-0.2, -0.15) is 22.0 Å². The Hall–Kier alpha value is -2.19. The van der Waals surface area contributed by atoms with Crippen molar-refractivity contribution in [3.8, 4) is 5.75 Å². The number of rotatable bonds is 3. The zero-order chi connectivity index (χ0) is 15.8. The Bertz CT molecular complexity index is 672. The first-order valence-electron chi connectivity index (χ1n) is 5.72. The standard InChI is InChI=1S/C12H10F5N3O/c1-6-19-7-3-2-4-8(9(7)10(18)20-6)21-5-11(13,14)12(15,16)17/h2-4H,5H2,1H3,(H2,18,19,20).